The summed E-state index contributed by atoms with van der Waals surface area (Å²) in [6.45, 7) is 1.93. The average molecular weight is 187 g/mol. The summed E-state index contributed by atoms with van der Waals surface area (Å²) in [7, 11) is -3.31. The van der Waals surface area contributed by atoms with Gasteiger partial charge < -0.3 is 0 Å². The summed E-state index contributed by atoms with van der Waals surface area (Å²) in [4.78, 5) is 0. The van der Waals surface area contributed by atoms with Crippen molar-refractivity contribution < 1.29 is 12.6 Å². The van der Waals surface area contributed by atoms with Crippen LogP contribution in [0.4, 0.5) is 0 Å². The summed E-state index contributed by atoms with van der Waals surface area (Å²) in [6, 6.07) is 0. The van der Waals surface area contributed by atoms with Crippen molar-refractivity contribution in [1.29, 1.82) is 0 Å². The van der Waals surface area contributed by atoms with Crippen LogP contribution in [0.3, 0.4) is 0 Å². The fourth-order valence-electron chi connectivity index (χ4n) is 0.315. The molecular weight excluding hydrogens is 176 g/mol. The topological polar surface area (TPSA) is 43.4 Å². The van der Waals surface area contributed by atoms with E-state index in [1.165, 1.54) is 0 Å². The SMILES string of the molecule is CCC(Cl)COS(C)(=O)=O. The maximum atomic E-state index is 10.4. The number of rotatable bonds is 4. The Morgan fingerprint density at radius 1 is 1.60 bits per heavy atom. The lowest BCUT2D eigenvalue weighted by molar-refractivity contribution is 0.317. The Labute approximate surface area is 66.5 Å². The molecule has 0 aliphatic heterocycles. The van der Waals surface area contributed by atoms with Gasteiger partial charge in [0.05, 0.1) is 18.2 Å². The minimum atomic E-state index is -3.31. The van der Waals surface area contributed by atoms with Crippen LogP contribution >= 0.6 is 11.6 Å². The lowest BCUT2D eigenvalue weighted by Crippen LogP contribution is -2.12. The highest BCUT2D eigenvalue weighted by atomic mass is 35.5. The van der Waals surface area contributed by atoms with Gasteiger partial charge in [0.15, 0.2) is 0 Å². The Bertz CT molecular complexity index is 175. The van der Waals surface area contributed by atoms with Gasteiger partial charge in [0.25, 0.3) is 10.1 Å². The molecule has 1 atom stereocenters. The standard InChI is InChI=1S/C5H11ClO3S/c1-3-5(6)4-9-10(2,7)8/h5H,3-4H2,1-2H3. The van der Waals surface area contributed by atoms with Crippen LogP contribution in [0, 0.1) is 0 Å². The van der Waals surface area contributed by atoms with E-state index in [1.54, 1.807) is 0 Å². The zero-order valence-electron chi connectivity index (χ0n) is 6.00. The van der Waals surface area contributed by atoms with Crippen LogP contribution in [-0.4, -0.2) is 26.7 Å². The molecule has 0 aromatic heterocycles. The van der Waals surface area contributed by atoms with Crippen LogP contribution in [0.5, 0.6) is 0 Å². The molecule has 0 radical (unpaired) electrons. The molecule has 62 valence electrons. The zero-order chi connectivity index (χ0) is 8.20. The van der Waals surface area contributed by atoms with E-state index in [0.29, 0.717) is 6.42 Å². The van der Waals surface area contributed by atoms with Gasteiger partial charge >= 0.3 is 0 Å². The minimum Gasteiger partial charge on any atom is -0.269 e. The van der Waals surface area contributed by atoms with Crippen LogP contribution in [0.25, 0.3) is 0 Å². The highest BCUT2D eigenvalue weighted by Crippen LogP contribution is 2.02. The fraction of sp³-hybridized carbons (Fsp3) is 1.00. The van der Waals surface area contributed by atoms with Crippen molar-refractivity contribution >= 4 is 21.7 Å². The summed E-state index contributed by atoms with van der Waals surface area (Å²) in [5, 5.41) is -0.213. The average Bonchev–Trinajstić information content (AvgIpc) is 1.81. The molecular formula is C5H11ClO3S. The van der Waals surface area contributed by atoms with Gasteiger partial charge in [-0.2, -0.15) is 8.42 Å². The molecule has 0 spiro atoms. The van der Waals surface area contributed by atoms with E-state index in [0.717, 1.165) is 6.26 Å². The molecule has 0 amide bonds. The second-order valence-corrected chi connectivity index (χ2v) is 4.26. The molecule has 0 aliphatic carbocycles. The largest absolute Gasteiger partial charge is 0.269 e. The third-order valence-corrected chi connectivity index (χ3v) is 1.90. The van der Waals surface area contributed by atoms with E-state index in [9.17, 15) is 8.42 Å². The normalized spacial score (nSPS) is 15.1. The maximum Gasteiger partial charge on any atom is 0.264 e. The second-order valence-electron chi connectivity index (χ2n) is 1.99. The summed E-state index contributed by atoms with van der Waals surface area (Å²) in [6.07, 6.45) is 1.71. The molecule has 1 unspecified atom stereocenters. The summed E-state index contributed by atoms with van der Waals surface area (Å²) >= 11 is 5.58. The Morgan fingerprint density at radius 2 is 2.10 bits per heavy atom. The molecule has 5 heteroatoms. The van der Waals surface area contributed by atoms with Crippen molar-refractivity contribution in [3.63, 3.8) is 0 Å². The van der Waals surface area contributed by atoms with Gasteiger partial charge in [0.2, 0.25) is 0 Å². The van der Waals surface area contributed by atoms with Gasteiger partial charge in [-0.3, -0.25) is 4.18 Å². The van der Waals surface area contributed by atoms with Crippen molar-refractivity contribution in [2.45, 2.75) is 18.7 Å². The van der Waals surface area contributed by atoms with Crippen molar-refractivity contribution in [2.24, 2.45) is 0 Å². The van der Waals surface area contributed by atoms with Gasteiger partial charge in [-0.1, -0.05) is 6.92 Å². The summed E-state index contributed by atoms with van der Waals surface area (Å²) in [5.74, 6) is 0. The highest BCUT2D eigenvalue weighted by Gasteiger charge is 2.06. The fourth-order valence-corrected chi connectivity index (χ4v) is 0.864. The van der Waals surface area contributed by atoms with Crippen molar-refractivity contribution in [2.75, 3.05) is 12.9 Å². The number of hydrogen-bond acceptors (Lipinski definition) is 3. The van der Waals surface area contributed by atoms with E-state index in [4.69, 9.17) is 11.6 Å². The first-order valence-corrected chi connectivity index (χ1v) is 5.19. The third-order valence-electron chi connectivity index (χ3n) is 0.906. The smallest absolute Gasteiger partial charge is 0.264 e. The van der Waals surface area contributed by atoms with E-state index >= 15 is 0 Å². The Kier molecular flexibility index (Phi) is 4.24. The molecule has 0 aromatic rings. The molecule has 10 heavy (non-hydrogen) atoms. The number of halogens is 1. The van der Waals surface area contributed by atoms with E-state index in [1.807, 2.05) is 6.92 Å². The summed E-state index contributed by atoms with van der Waals surface area (Å²) < 4.78 is 25.2. The first-order valence-electron chi connectivity index (χ1n) is 2.94. The molecule has 0 heterocycles. The van der Waals surface area contributed by atoms with E-state index in [2.05, 4.69) is 4.18 Å². The quantitative estimate of drug-likeness (QED) is 0.486. The minimum absolute atomic E-state index is 0.0664. The van der Waals surface area contributed by atoms with E-state index in [-0.39, 0.29) is 12.0 Å². The van der Waals surface area contributed by atoms with Crippen LogP contribution in [0.1, 0.15) is 13.3 Å². The molecule has 3 nitrogen and oxygen atoms in total. The van der Waals surface area contributed by atoms with Crippen LogP contribution in [0.15, 0.2) is 0 Å². The Balaban J connectivity index is 3.56. The zero-order valence-corrected chi connectivity index (χ0v) is 7.57. The molecule has 0 aromatic carbocycles. The molecule has 0 fully saturated rings. The first-order chi connectivity index (χ1) is 4.45. The number of hydrogen-bond donors (Lipinski definition) is 0. The molecule has 0 N–H and O–H groups in total. The van der Waals surface area contributed by atoms with Gasteiger partial charge in [-0.05, 0) is 6.42 Å². The van der Waals surface area contributed by atoms with Crippen molar-refractivity contribution in [1.82, 2.24) is 0 Å². The number of alkyl halides is 1. The maximum absolute atomic E-state index is 10.4. The second kappa shape index (κ2) is 4.16. The van der Waals surface area contributed by atoms with Gasteiger partial charge in [-0.15, -0.1) is 11.6 Å². The summed E-state index contributed by atoms with van der Waals surface area (Å²) in [5.41, 5.74) is 0. The lowest BCUT2D eigenvalue weighted by Gasteiger charge is -2.04. The Hall–Kier alpha value is 0.200. The van der Waals surface area contributed by atoms with Crippen molar-refractivity contribution in [3.05, 3.63) is 0 Å². The third kappa shape index (κ3) is 6.32. The molecule has 0 saturated carbocycles. The van der Waals surface area contributed by atoms with Gasteiger partial charge in [0.1, 0.15) is 0 Å². The first kappa shape index (κ1) is 10.2. The van der Waals surface area contributed by atoms with Gasteiger partial charge in [-0.25, -0.2) is 0 Å². The lowest BCUT2D eigenvalue weighted by atomic mass is 10.4. The monoisotopic (exact) mass is 186 g/mol. The van der Waals surface area contributed by atoms with Crippen LogP contribution in [-0.2, 0) is 14.3 Å². The van der Waals surface area contributed by atoms with E-state index < -0.39 is 10.1 Å². The predicted molar refractivity (Wildman–Crippen MR) is 40.7 cm³/mol. The molecule has 0 bridgehead atoms. The highest BCUT2D eigenvalue weighted by molar-refractivity contribution is 7.85. The molecule has 0 saturated heterocycles. The van der Waals surface area contributed by atoms with Crippen molar-refractivity contribution in [3.8, 4) is 0 Å². The molecule has 0 rings (SSSR count). The van der Waals surface area contributed by atoms with Crippen LogP contribution in [0.2, 0.25) is 0 Å². The Morgan fingerprint density at radius 3 is 2.40 bits per heavy atom. The predicted octanol–water partition coefficient (Wildman–Crippen LogP) is 0.980. The van der Waals surface area contributed by atoms with Crippen LogP contribution < -0.4 is 0 Å². The molecule has 0 aliphatic rings. The van der Waals surface area contributed by atoms with Gasteiger partial charge in [0, 0.05) is 0 Å².